The highest BCUT2D eigenvalue weighted by Gasteiger charge is 2.13. The van der Waals surface area contributed by atoms with Crippen molar-refractivity contribution in [3.05, 3.63) is 54.1 Å². The Hall–Kier alpha value is -2.07. The summed E-state index contributed by atoms with van der Waals surface area (Å²) < 4.78 is 10.6. The molecule has 1 N–H and O–H groups in total. The molecule has 0 spiro atoms. The molecule has 1 aliphatic rings. The van der Waals surface area contributed by atoms with Gasteiger partial charge in [0.2, 0.25) is 6.79 Å². The van der Waals surface area contributed by atoms with Crippen LogP contribution in [0.25, 0.3) is 0 Å². The number of rotatable bonds is 2. The quantitative estimate of drug-likeness (QED) is 0.837. The monoisotopic (exact) mass is 257 g/mol. The average molecular weight is 257 g/mol. The van der Waals surface area contributed by atoms with Crippen LogP contribution in [0.5, 0.6) is 11.5 Å². The van der Waals surface area contributed by atoms with Gasteiger partial charge in [-0.2, -0.15) is 0 Å². The summed E-state index contributed by atoms with van der Waals surface area (Å²) in [7, 11) is 0. The Labute approximate surface area is 110 Å². The van der Waals surface area contributed by atoms with Crippen molar-refractivity contribution in [2.45, 2.75) is 0 Å². The van der Waals surface area contributed by atoms with Crippen LogP contribution >= 0.6 is 12.2 Å². The van der Waals surface area contributed by atoms with Gasteiger partial charge in [-0.25, -0.2) is 0 Å². The molecule has 4 heteroatoms. The lowest BCUT2D eigenvalue weighted by molar-refractivity contribution is 0.174. The summed E-state index contributed by atoms with van der Waals surface area (Å²) in [5.41, 5.74) is 1.89. The molecule has 0 aromatic heterocycles. The van der Waals surface area contributed by atoms with Crippen LogP contribution in [0.2, 0.25) is 0 Å². The first-order chi connectivity index (χ1) is 8.83. The number of fused-ring (bicyclic) bond motifs is 1. The first kappa shape index (κ1) is 11.0. The fraction of sp³-hybridized carbons (Fsp3) is 0.0714. The molecule has 2 aromatic rings. The number of benzene rings is 2. The van der Waals surface area contributed by atoms with Crippen LogP contribution in [0, 0.1) is 0 Å². The molecule has 0 aliphatic carbocycles. The maximum atomic E-state index is 5.35. The lowest BCUT2D eigenvalue weighted by atomic mass is 10.2. The predicted octanol–water partition coefficient (Wildman–Crippen LogP) is 3.20. The highest BCUT2D eigenvalue weighted by Crippen LogP contribution is 2.34. The molecule has 1 aliphatic heterocycles. The third kappa shape index (κ3) is 2.15. The molecular weight excluding hydrogens is 246 g/mol. The van der Waals surface area contributed by atoms with E-state index in [1.165, 1.54) is 0 Å². The Kier molecular flexibility index (Phi) is 2.86. The third-order valence-corrected chi connectivity index (χ3v) is 3.00. The maximum absolute atomic E-state index is 5.35. The lowest BCUT2D eigenvalue weighted by Gasteiger charge is -2.08. The first-order valence-corrected chi connectivity index (χ1v) is 6.00. The van der Waals surface area contributed by atoms with Gasteiger partial charge in [-0.1, -0.05) is 42.5 Å². The molecule has 0 bridgehead atoms. The second kappa shape index (κ2) is 4.66. The topological polar surface area (TPSA) is 30.5 Å². The van der Waals surface area contributed by atoms with E-state index in [1.807, 2.05) is 48.5 Å². The Morgan fingerprint density at radius 2 is 1.78 bits per heavy atom. The third-order valence-electron chi connectivity index (χ3n) is 2.67. The average Bonchev–Trinajstić information content (AvgIpc) is 2.87. The van der Waals surface area contributed by atoms with Crippen molar-refractivity contribution < 1.29 is 9.47 Å². The number of hydrogen-bond acceptors (Lipinski definition) is 3. The molecule has 0 radical (unpaired) electrons. The fourth-order valence-corrected chi connectivity index (χ4v) is 2.02. The van der Waals surface area contributed by atoms with Gasteiger partial charge < -0.3 is 14.8 Å². The van der Waals surface area contributed by atoms with Crippen LogP contribution in [0.3, 0.4) is 0 Å². The van der Waals surface area contributed by atoms with Gasteiger partial charge in [-0.3, -0.25) is 0 Å². The number of nitrogens with one attached hydrogen (secondary N) is 1. The normalized spacial score (nSPS) is 12.2. The minimum Gasteiger partial charge on any atom is -0.454 e. The molecule has 90 valence electrons. The minimum absolute atomic E-state index is 0.280. The number of thiocarbonyl (C=S) groups is 1. The smallest absolute Gasteiger partial charge is 0.231 e. The van der Waals surface area contributed by atoms with Crippen molar-refractivity contribution in [3.8, 4) is 11.5 Å². The lowest BCUT2D eigenvalue weighted by Crippen LogP contribution is -2.09. The van der Waals surface area contributed by atoms with Crippen LogP contribution in [0.4, 0.5) is 5.69 Å². The first-order valence-electron chi connectivity index (χ1n) is 5.59. The molecule has 3 nitrogen and oxygen atoms in total. The molecule has 0 unspecified atom stereocenters. The van der Waals surface area contributed by atoms with Gasteiger partial charge in [-0.15, -0.1) is 0 Å². The van der Waals surface area contributed by atoms with Gasteiger partial charge in [0.25, 0.3) is 0 Å². The number of anilines is 1. The van der Waals surface area contributed by atoms with E-state index in [-0.39, 0.29) is 6.79 Å². The molecule has 0 saturated carbocycles. The van der Waals surface area contributed by atoms with Crippen molar-refractivity contribution >= 4 is 22.9 Å². The maximum Gasteiger partial charge on any atom is 0.231 e. The van der Waals surface area contributed by atoms with Gasteiger partial charge in [0, 0.05) is 17.3 Å². The van der Waals surface area contributed by atoms with Gasteiger partial charge in [0.05, 0.1) is 0 Å². The molecule has 0 fully saturated rings. The highest BCUT2D eigenvalue weighted by molar-refractivity contribution is 7.81. The van der Waals surface area contributed by atoms with Crippen molar-refractivity contribution in [3.63, 3.8) is 0 Å². The van der Waals surface area contributed by atoms with E-state index in [1.54, 1.807) is 0 Å². The number of ether oxygens (including phenoxy) is 2. The summed E-state index contributed by atoms with van der Waals surface area (Å²) in [6.07, 6.45) is 0. The van der Waals surface area contributed by atoms with Gasteiger partial charge in [-0.05, 0) is 12.1 Å². The predicted molar refractivity (Wildman–Crippen MR) is 74.3 cm³/mol. The van der Waals surface area contributed by atoms with E-state index in [2.05, 4.69) is 5.32 Å². The Morgan fingerprint density at radius 3 is 2.61 bits per heavy atom. The van der Waals surface area contributed by atoms with E-state index in [4.69, 9.17) is 21.7 Å². The zero-order valence-electron chi connectivity index (χ0n) is 9.55. The minimum atomic E-state index is 0.280. The molecule has 18 heavy (non-hydrogen) atoms. The van der Waals surface area contributed by atoms with E-state index in [0.717, 1.165) is 22.7 Å². The van der Waals surface area contributed by atoms with Gasteiger partial charge in [0.15, 0.2) is 11.5 Å². The standard InChI is InChI=1S/C14H11NO2S/c18-14(10-4-2-1-3-5-10)15-11-6-7-12-13(8-11)17-9-16-12/h1-8H,9H2,(H,15,18). The van der Waals surface area contributed by atoms with E-state index >= 15 is 0 Å². The Bertz CT molecular complexity index is 584. The number of hydrogen-bond donors (Lipinski definition) is 1. The van der Waals surface area contributed by atoms with Crippen molar-refractivity contribution in [1.82, 2.24) is 0 Å². The summed E-state index contributed by atoms with van der Waals surface area (Å²) in [4.78, 5) is 0.689. The Balaban J connectivity index is 1.79. The molecular formula is C14H11NO2S. The molecule has 0 saturated heterocycles. The van der Waals surface area contributed by atoms with E-state index < -0.39 is 0 Å². The zero-order valence-corrected chi connectivity index (χ0v) is 10.4. The van der Waals surface area contributed by atoms with Crippen LogP contribution in [-0.4, -0.2) is 11.8 Å². The molecule has 3 rings (SSSR count). The summed E-state index contributed by atoms with van der Waals surface area (Å²) >= 11 is 5.35. The van der Waals surface area contributed by atoms with Crippen LogP contribution in [-0.2, 0) is 0 Å². The van der Waals surface area contributed by atoms with Gasteiger partial charge in [0.1, 0.15) is 4.99 Å². The van der Waals surface area contributed by atoms with Crippen molar-refractivity contribution in [2.75, 3.05) is 12.1 Å². The highest BCUT2D eigenvalue weighted by atomic mass is 32.1. The molecule has 0 atom stereocenters. The van der Waals surface area contributed by atoms with Crippen molar-refractivity contribution in [2.24, 2.45) is 0 Å². The molecule has 2 aromatic carbocycles. The summed E-state index contributed by atoms with van der Waals surface area (Å²) in [6.45, 7) is 0.280. The van der Waals surface area contributed by atoms with Crippen LogP contribution in [0.15, 0.2) is 48.5 Å². The van der Waals surface area contributed by atoms with Crippen LogP contribution < -0.4 is 14.8 Å². The summed E-state index contributed by atoms with van der Waals surface area (Å²) in [6, 6.07) is 15.5. The second-order valence-corrected chi connectivity index (χ2v) is 4.30. The zero-order chi connectivity index (χ0) is 12.4. The molecule has 0 amide bonds. The van der Waals surface area contributed by atoms with Crippen LogP contribution in [0.1, 0.15) is 5.56 Å². The summed E-state index contributed by atoms with van der Waals surface area (Å²) in [5.74, 6) is 1.52. The SMILES string of the molecule is S=C(Nc1ccc2c(c1)OCO2)c1ccccc1. The fourth-order valence-electron chi connectivity index (χ4n) is 1.77. The van der Waals surface area contributed by atoms with E-state index in [0.29, 0.717) is 4.99 Å². The molecule has 1 heterocycles. The van der Waals surface area contributed by atoms with E-state index in [9.17, 15) is 0 Å². The van der Waals surface area contributed by atoms with Gasteiger partial charge >= 0.3 is 0 Å². The second-order valence-electron chi connectivity index (χ2n) is 3.89. The summed E-state index contributed by atoms with van der Waals surface area (Å²) in [5, 5.41) is 3.18. The largest absolute Gasteiger partial charge is 0.454 e. The Morgan fingerprint density at radius 1 is 1.00 bits per heavy atom. The van der Waals surface area contributed by atoms with Crippen molar-refractivity contribution in [1.29, 1.82) is 0 Å².